The molecule has 7 nitrogen and oxygen atoms in total. The summed E-state index contributed by atoms with van der Waals surface area (Å²) < 4.78 is 13.2. The van der Waals surface area contributed by atoms with Gasteiger partial charge in [0.1, 0.15) is 17.4 Å². The molecule has 2 aromatic carbocycles. The van der Waals surface area contributed by atoms with Crippen LogP contribution in [0.5, 0.6) is 0 Å². The van der Waals surface area contributed by atoms with Gasteiger partial charge in [0.05, 0.1) is 0 Å². The molecule has 31 heavy (non-hydrogen) atoms. The van der Waals surface area contributed by atoms with Gasteiger partial charge < -0.3 is 10.6 Å². The van der Waals surface area contributed by atoms with Gasteiger partial charge in [-0.3, -0.25) is 15.0 Å². The van der Waals surface area contributed by atoms with E-state index in [0.29, 0.717) is 12.0 Å². The van der Waals surface area contributed by atoms with Gasteiger partial charge in [-0.15, -0.1) is 0 Å². The summed E-state index contributed by atoms with van der Waals surface area (Å²) in [7, 11) is 0. The predicted octanol–water partition coefficient (Wildman–Crippen LogP) is 1.97. The SMILES string of the molecule is CC[C@]1(c2ccccc2)NC(=O)N(NC(=O)C[NH2+][C@H](c2ccc(F)cc2)C(C)C)C1=O. The highest BCUT2D eigenvalue weighted by Gasteiger charge is 2.52. The van der Waals surface area contributed by atoms with Gasteiger partial charge in [0.15, 0.2) is 6.54 Å². The molecule has 1 heterocycles. The minimum atomic E-state index is -1.20. The molecular formula is C23H28FN4O3+. The number of imide groups is 1. The fourth-order valence-corrected chi connectivity index (χ4v) is 3.92. The number of halogens is 1. The maximum atomic E-state index is 13.2. The minimum Gasteiger partial charge on any atom is -0.332 e. The highest BCUT2D eigenvalue weighted by molar-refractivity contribution is 6.08. The van der Waals surface area contributed by atoms with E-state index < -0.39 is 23.4 Å². The molecule has 0 aromatic heterocycles. The van der Waals surface area contributed by atoms with Crippen LogP contribution < -0.4 is 16.1 Å². The summed E-state index contributed by atoms with van der Waals surface area (Å²) >= 11 is 0. The van der Waals surface area contributed by atoms with Crippen molar-refractivity contribution in [1.82, 2.24) is 15.8 Å². The third-order valence-electron chi connectivity index (χ3n) is 5.66. The van der Waals surface area contributed by atoms with Crippen LogP contribution in [0, 0.1) is 11.7 Å². The van der Waals surface area contributed by atoms with Crippen LogP contribution in [0.25, 0.3) is 0 Å². The zero-order chi connectivity index (χ0) is 22.6. The van der Waals surface area contributed by atoms with E-state index in [4.69, 9.17) is 0 Å². The number of nitrogens with one attached hydrogen (secondary N) is 2. The number of amides is 4. The van der Waals surface area contributed by atoms with E-state index in [9.17, 15) is 18.8 Å². The number of carbonyl (C=O) groups is 3. The van der Waals surface area contributed by atoms with Gasteiger partial charge in [-0.05, 0) is 24.1 Å². The lowest BCUT2D eigenvalue weighted by Gasteiger charge is -2.25. The average molecular weight is 428 g/mol. The Morgan fingerprint density at radius 1 is 1.13 bits per heavy atom. The van der Waals surface area contributed by atoms with Crippen LogP contribution in [0.3, 0.4) is 0 Å². The topological polar surface area (TPSA) is 95.1 Å². The molecule has 0 unspecified atom stereocenters. The van der Waals surface area contributed by atoms with Crippen molar-refractivity contribution < 1.29 is 24.1 Å². The Hall–Kier alpha value is -3.26. The number of hydrogen-bond donors (Lipinski definition) is 3. The second-order valence-electron chi connectivity index (χ2n) is 7.99. The molecule has 2 atom stereocenters. The summed E-state index contributed by atoms with van der Waals surface area (Å²) in [6, 6.07) is 14.4. The molecule has 1 saturated heterocycles. The molecule has 4 amide bonds. The highest BCUT2D eigenvalue weighted by Crippen LogP contribution is 2.31. The number of rotatable bonds is 8. The van der Waals surface area contributed by atoms with Crippen molar-refractivity contribution in [3.63, 3.8) is 0 Å². The van der Waals surface area contributed by atoms with Gasteiger partial charge in [0, 0.05) is 11.5 Å². The van der Waals surface area contributed by atoms with E-state index in [1.54, 1.807) is 43.3 Å². The molecule has 0 aliphatic carbocycles. The number of hydrazine groups is 1. The molecular weight excluding hydrogens is 399 g/mol. The standard InChI is InChI=1S/C23H27FN4O3/c1-4-23(17-8-6-5-7-9-17)21(30)28(22(31)26-23)27-19(29)14-25-20(15(2)3)16-10-12-18(24)13-11-16/h5-13,15,20,25H,4,14H2,1-3H3,(H,26,31)(H,27,29)/p+1/t20-,23+/m0/s1. The first-order valence-electron chi connectivity index (χ1n) is 10.4. The largest absolute Gasteiger partial charge is 0.344 e. The van der Waals surface area contributed by atoms with Crippen molar-refractivity contribution in [3.05, 3.63) is 71.5 Å². The number of hydrogen-bond acceptors (Lipinski definition) is 3. The van der Waals surface area contributed by atoms with E-state index in [2.05, 4.69) is 10.7 Å². The van der Waals surface area contributed by atoms with Crippen LogP contribution in [0.2, 0.25) is 0 Å². The Bertz CT molecular complexity index is 949. The normalized spacial score (nSPS) is 19.5. The summed E-state index contributed by atoms with van der Waals surface area (Å²) in [5.74, 6) is -1.13. The van der Waals surface area contributed by atoms with Gasteiger partial charge in [0.25, 0.3) is 11.8 Å². The lowest BCUT2D eigenvalue weighted by molar-refractivity contribution is -0.692. The molecule has 0 spiro atoms. The third kappa shape index (κ3) is 4.59. The second-order valence-corrected chi connectivity index (χ2v) is 7.99. The Balaban J connectivity index is 1.68. The van der Waals surface area contributed by atoms with Crippen LogP contribution in [-0.4, -0.2) is 29.4 Å². The Labute approximate surface area is 181 Å². The Morgan fingerprint density at radius 2 is 1.77 bits per heavy atom. The molecule has 164 valence electrons. The lowest BCUT2D eigenvalue weighted by Crippen LogP contribution is -2.88. The van der Waals surface area contributed by atoms with Crippen LogP contribution in [0.1, 0.15) is 44.4 Å². The van der Waals surface area contributed by atoms with Crippen LogP contribution in [-0.2, 0) is 15.1 Å². The number of nitrogens with two attached hydrogens (primary N) is 1. The van der Waals surface area contributed by atoms with Crippen molar-refractivity contribution in [1.29, 1.82) is 0 Å². The van der Waals surface area contributed by atoms with Gasteiger partial charge in [0.2, 0.25) is 0 Å². The molecule has 4 N–H and O–H groups in total. The van der Waals surface area contributed by atoms with Gasteiger partial charge in [-0.25, -0.2) is 9.18 Å². The quantitative estimate of drug-likeness (QED) is 0.562. The fraction of sp³-hybridized carbons (Fsp3) is 0.348. The van der Waals surface area contributed by atoms with Crippen LogP contribution >= 0.6 is 0 Å². The van der Waals surface area contributed by atoms with Gasteiger partial charge in [-0.2, -0.15) is 5.01 Å². The first kappa shape index (κ1) is 22.4. The maximum Gasteiger partial charge on any atom is 0.344 e. The van der Waals surface area contributed by atoms with Crippen molar-refractivity contribution >= 4 is 17.8 Å². The number of nitrogens with zero attached hydrogens (tertiary/aromatic N) is 1. The third-order valence-corrected chi connectivity index (χ3v) is 5.66. The summed E-state index contributed by atoms with van der Waals surface area (Å²) in [6.07, 6.45) is 0.347. The maximum absolute atomic E-state index is 13.2. The number of urea groups is 1. The zero-order valence-electron chi connectivity index (χ0n) is 17.9. The van der Waals surface area contributed by atoms with Crippen molar-refractivity contribution in [3.8, 4) is 0 Å². The van der Waals surface area contributed by atoms with Gasteiger partial charge in [-0.1, -0.05) is 63.2 Å². The molecule has 0 radical (unpaired) electrons. The zero-order valence-corrected chi connectivity index (χ0v) is 17.9. The van der Waals surface area contributed by atoms with Crippen molar-refractivity contribution in [2.24, 2.45) is 5.92 Å². The lowest BCUT2D eigenvalue weighted by atomic mass is 9.87. The molecule has 2 aromatic rings. The Morgan fingerprint density at radius 3 is 2.35 bits per heavy atom. The van der Waals surface area contributed by atoms with Crippen LogP contribution in [0.4, 0.5) is 9.18 Å². The van der Waals surface area contributed by atoms with Crippen LogP contribution in [0.15, 0.2) is 54.6 Å². The number of carbonyl (C=O) groups excluding carboxylic acids is 3. The first-order chi connectivity index (χ1) is 14.8. The monoisotopic (exact) mass is 427 g/mol. The van der Waals surface area contributed by atoms with Crippen molar-refractivity contribution in [2.45, 2.75) is 38.8 Å². The minimum absolute atomic E-state index is 0.00173. The van der Waals surface area contributed by atoms with E-state index in [0.717, 1.165) is 10.6 Å². The molecule has 1 fully saturated rings. The first-order valence-corrected chi connectivity index (χ1v) is 10.4. The summed E-state index contributed by atoms with van der Waals surface area (Å²) in [4.78, 5) is 38.2. The molecule has 1 aliphatic heterocycles. The summed E-state index contributed by atoms with van der Waals surface area (Å²) in [5.41, 5.74) is 2.79. The average Bonchev–Trinajstić information content (AvgIpc) is 3.00. The molecule has 3 rings (SSSR count). The molecule has 1 aliphatic rings. The smallest absolute Gasteiger partial charge is 0.332 e. The summed E-state index contributed by atoms with van der Waals surface area (Å²) in [6.45, 7) is 5.83. The predicted molar refractivity (Wildman–Crippen MR) is 113 cm³/mol. The van der Waals surface area contributed by atoms with E-state index in [1.165, 1.54) is 12.1 Å². The molecule has 0 bridgehead atoms. The van der Waals surface area contributed by atoms with E-state index in [-0.39, 0.29) is 24.3 Å². The van der Waals surface area contributed by atoms with Crippen molar-refractivity contribution in [2.75, 3.05) is 6.54 Å². The van der Waals surface area contributed by atoms with E-state index >= 15 is 0 Å². The molecule has 0 saturated carbocycles. The van der Waals surface area contributed by atoms with E-state index in [1.807, 2.05) is 25.2 Å². The van der Waals surface area contributed by atoms with Gasteiger partial charge >= 0.3 is 6.03 Å². The second kappa shape index (κ2) is 9.26. The highest BCUT2D eigenvalue weighted by atomic mass is 19.1. The number of benzene rings is 2. The molecule has 8 heteroatoms. The Kier molecular flexibility index (Phi) is 6.70. The fourth-order valence-electron chi connectivity index (χ4n) is 3.92. The number of quaternary nitrogens is 1. The summed E-state index contributed by atoms with van der Waals surface area (Å²) in [5, 5.41) is 5.30.